The standard InChI is InChI=1S/C15H22Cl2N2O/c1-10(2)9-19-15(20)6-7-18-11(3)12-4-5-13(16)14(17)8-12/h4-5,8,10-11,18H,6-7,9H2,1-3H3,(H,19,20). The summed E-state index contributed by atoms with van der Waals surface area (Å²) in [6, 6.07) is 5.69. The van der Waals surface area contributed by atoms with Crippen LogP contribution in [0.25, 0.3) is 0 Å². The van der Waals surface area contributed by atoms with Gasteiger partial charge in [0.15, 0.2) is 0 Å². The smallest absolute Gasteiger partial charge is 0.221 e. The minimum absolute atomic E-state index is 0.0764. The Morgan fingerprint density at radius 3 is 2.50 bits per heavy atom. The lowest BCUT2D eigenvalue weighted by atomic mass is 10.1. The van der Waals surface area contributed by atoms with Crippen LogP contribution in [0.15, 0.2) is 18.2 Å². The second-order valence-corrected chi connectivity index (χ2v) is 6.11. The normalized spacial score (nSPS) is 12.5. The summed E-state index contributed by atoms with van der Waals surface area (Å²) in [4.78, 5) is 11.6. The number of rotatable bonds is 7. The second kappa shape index (κ2) is 8.50. The van der Waals surface area contributed by atoms with Gasteiger partial charge in [-0.15, -0.1) is 0 Å². The van der Waals surface area contributed by atoms with Crippen LogP contribution in [0.5, 0.6) is 0 Å². The minimum atomic E-state index is 0.0764. The van der Waals surface area contributed by atoms with Crippen LogP contribution in [0, 0.1) is 5.92 Å². The van der Waals surface area contributed by atoms with Crippen molar-refractivity contribution in [3.8, 4) is 0 Å². The quantitative estimate of drug-likeness (QED) is 0.803. The van der Waals surface area contributed by atoms with Gasteiger partial charge in [0.1, 0.15) is 0 Å². The molecule has 0 fully saturated rings. The number of carbonyl (C=O) groups excluding carboxylic acids is 1. The molecule has 3 nitrogen and oxygen atoms in total. The zero-order valence-electron chi connectivity index (χ0n) is 12.2. The van der Waals surface area contributed by atoms with E-state index in [2.05, 4.69) is 24.5 Å². The Balaban J connectivity index is 2.34. The van der Waals surface area contributed by atoms with Crippen molar-refractivity contribution in [2.24, 2.45) is 5.92 Å². The molecule has 112 valence electrons. The molecule has 0 aliphatic rings. The van der Waals surface area contributed by atoms with E-state index in [4.69, 9.17) is 23.2 Å². The summed E-state index contributed by atoms with van der Waals surface area (Å²) >= 11 is 11.9. The maximum atomic E-state index is 11.6. The van der Waals surface area contributed by atoms with Crippen molar-refractivity contribution in [1.82, 2.24) is 10.6 Å². The molecule has 1 aromatic rings. The van der Waals surface area contributed by atoms with Crippen LogP contribution < -0.4 is 10.6 Å². The first-order valence-electron chi connectivity index (χ1n) is 6.85. The molecule has 1 aromatic carbocycles. The molecule has 2 N–H and O–H groups in total. The van der Waals surface area contributed by atoms with Crippen LogP contribution in [-0.4, -0.2) is 19.0 Å². The Hall–Kier alpha value is -0.770. The van der Waals surface area contributed by atoms with E-state index in [9.17, 15) is 4.79 Å². The van der Waals surface area contributed by atoms with Gasteiger partial charge in [-0.2, -0.15) is 0 Å². The van der Waals surface area contributed by atoms with Crippen molar-refractivity contribution in [1.29, 1.82) is 0 Å². The van der Waals surface area contributed by atoms with E-state index < -0.39 is 0 Å². The van der Waals surface area contributed by atoms with E-state index in [1.165, 1.54) is 0 Å². The molecule has 0 saturated heterocycles. The first-order valence-corrected chi connectivity index (χ1v) is 7.60. The number of nitrogens with one attached hydrogen (secondary N) is 2. The van der Waals surface area contributed by atoms with Gasteiger partial charge < -0.3 is 10.6 Å². The highest BCUT2D eigenvalue weighted by Crippen LogP contribution is 2.25. The molecule has 5 heteroatoms. The Morgan fingerprint density at radius 2 is 1.90 bits per heavy atom. The summed E-state index contributed by atoms with van der Waals surface area (Å²) in [7, 11) is 0. The third kappa shape index (κ3) is 6.12. The van der Waals surface area contributed by atoms with Crippen LogP contribution in [0.2, 0.25) is 10.0 Å². The topological polar surface area (TPSA) is 41.1 Å². The lowest BCUT2D eigenvalue weighted by molar-refractivity contribution is -0.121. The summed E-state index contributed by atoms with van der Waals surface area (Å²) in [5, 5.41) is 7.30. The first-order chi connectivity index (χ1) is 9.40. The van der Waals surface area contributed by atoms with Crippen molar-refractivity contribution in [2.45, 2.75) is 33.2 Å². The molecule has 20 heavy (non-hydrogen) atoms. The van der Waals surface area contributed by atoms with Crippen molar-refractivity contribution in [3.63, 3.8) is 0 Å². The third-order valence-electron chi connectivity index (χ3n) is 2.95. The molecule has 1 atom stereocenters. The highest BCUT2D eigenvalue weighted by molar-refractivity contribution is 6.42. The van der Waals surface area contributed by atoms with Crippen molar-refractivity contribution < 1.29 is 4.79 Å². The SMILES string of the molecule is CC(C)CNC(=O)CCNC(C)c1ccc(Cl)c(Cl)c1. The fourth-order valence-corrected chi connectivity index (χ4v) is 2.01. The van der Waals surface area contributed by atoms with E-state index in [1.54, 1.807) is 6.07 Å². The Bertz CT molecular complexity index is 449. The molecule has 1 unspecified atom stereocenters. The van der Waals surface area contributed by atoms with Gasteiger partial charge in [0.2, 0.25) is 5.91 Å². The predicted molar refractivity (Wildman–Crippen MR) is 85.3 cm³/mol. The molecular formula is C15H22Cl2N2O. The van der Waals surface area contributed by atoms with Gasteiger partial charge in [-0.25, -0.2) is 0 Å². The van der Waals surface area contributed by atoms with E-state index in [-0.39, 0.29) is 11.9 Å². The van der Waals surface area contributed by atoms with E-state index >= 15 is 0 Å². The van der Waals surface area contributed by atoms with Gasteiger partial charge in [-0.3, -0.25) is 4.79 Å². The summed E-state index contributed by atoms with van der Waals surface area (Å²) in [5.74, 6) is 0.551. The van der Waals surface area contributed by atoms with E-state index in [0.29, 0.717) is 28.9 Å². The van der Waals surface area contributed by atoms with Gasteiger partial charge in [0, 0.05) is 25.6 Å². The zero-order chi connectivity index (χ0) is 15.1. The van der Waals surface area contributed by atoms with Crippen LogP contribution in [0.4, 0.5) is 0 Å². The molecule has 0 spiro atoms. The number of halogens is 2. The number of hydrogen-bond donors (Lipinski definition) is 2. The highest BCUT2D eigenvalue weighted by Gasteiger charge is 2.08. The van der Waals surface area contributed by atoms with Gasteiger partial charge in [-0.1, -0.05) is 43.1 Å². The highest BCUT2D eigenvalue weighted by atomic mass is 35.5. The van der Waals surface area contributed by atoms with Gasteiger partial charge in [0.25, 0.3) is 0 Å². The summed E-state index contributed by atoms with van der Waals surface area (Å²) in [6.45, 7) is 7.54. The lowest BCUT2D eigenvalue weighted by Crippen LogP contribution is -2.31. The lowest BCUT2D eigenvalue weighted by Gasteiger charge is -2.15. The predicted octanol–water partition coefficient (Wildman–Crippen LogP) is 3.81. The van der Waals surface area contributed by atoms with Gasteiger partial charge >= 0.3 is 0 Å². The number of carbonyl (C=O) groups is 1. The number of benzene rings is 1. The average Bonchev–Trinajstić information content (AvgIpc) is 2.39. The van der Waals surface area contributed by atoms with Crippen LogP contribution in [-0.2, 0) is 4.79 Å². The Morgan fingerprint density at radius 1 is 1.20 bits per heavy atom. The molecule has 1 rings (SSSR count). The number of amides is 1. The number of hydrogen-bond acceptors (Lipinski definition) is 2. The summed E-state index contributed by atoms with van der Waals surface area (Å²) in [6.07, 6.45) is 0.471. The van der Waals surface area contributed by atoms with Crippen molar-refractivity contribution in [3.05, 3.63) is 33.8 Å². The maximum absolute atomic E-state index is 11.6. The molecule has 0 aliphatic heterocycles. The minimum Gasteiger partial charge on any atom is -0.356 e. The summed E-state index contributed by atoms with van der Waals surface area (Å²) in [5.41, 5.74) is 1.06. The molecule has 0 bridgehead atoms. The average molecular weight is 317 g/mol. The molecule has 0 radical (unpaired) electrons. The second-order valence-electron chi connectivity index (χ2n) is 5.30. The molecule has 0 aliphatic carbocycles. The van der Waals surface area contributed by atoms with Crippen LogP contribution in [0.1, 0.15) is 38.8 Å². The van der Waals surface area contributed by atoms with Crippen LogP contribution >= 0.6 is 23.2 Å². The maximum Gasteiger partial charge on any atom is 0.221 e. The van der Waals surface area contributed by atoms with Gasteiger partial charge in [-0.05, 0) is 30.5 Å². The molecular weight excluding hydrogens is 295 g/mol. The molecule has 0 aromatic heterocycles. The zero-order valence-corrected chi connectivity index (χ0v) is 13.7. The molecule has 1 amide bonds. The van der Waals surface area contributed by atoms with Crippen molar-refractivity contribution >= 4 is 29.1 Å². The fourth-order valence-electron chi connectivity index (χ4n) is 1.71. The largest absolute Gasteiger partial charge is 0.356 e. The Kier molecular flexibility index (Phi) is 7.35. The van der Waals surface area contributed by atoms with Gasteiger partial charge in [0.05, 0.1) is 10.0 Å². The molecule has 0 saturated carbocycles. The summed E-state index contributed by atoms with van der Waals surface area (Å²) < 4.78 is 0. The fraction of sp³-hybridized carbons (Fsp3) is 0.533. The molecule has 0 heterocycles. The van der Waals surface area contributed by atoms with Crippen molar-refractivity contribution in [2.75, 3.05) is 13.1 Å². The Labute approximate surface area is 131 Å². The van der Waals surface area contributed by atoms with Crippen LogP contribution in [0.3, 0.4) is 0 Å². The third-order valence-corrected chi connectivity index (χ3v) is 3.69. The van der Waals surface area contributed by atoms with E-state index in [1.807, 2.05) is 19.1 Å². The first kappa shape index (κ1) is 17.3. The monoisotopic (exact) mass is 316 g/mol. The van der Waals surface area contributed by atoms with E-state index in [0.717, 1.165) is 12.1 Å².